The van der Waals surface area contributed by atoms with E-state index in [1.165, 1.54) is 5.56 Å². The summed E-state index contributed by atoms with van der Waals surface area (Å²) >= 11 is 3.32. The number of rotatable bonds is 5. The lowest BCUT2D eigenvalue weighted by Crippen LogP contribution is -2.26. The Bertz CT molecular complexity index is 694. The van der Waals surface area contributed by atoms with Gasteiger partial charge in [-0.15, -0.1) is 0 Å². The molecule has 2 atom stereocenters. The summed E-state index contributed by atoms with van der Waals surface area (Å²) in [6.07, 6.45) is 3.31. The molecule has 2 aliphatic rings. The number of aromatic nitrogens is 1. The van der Waals surface area contributed by atoms with E-state index < -0.39 is 0 Å². The van der Waals surface area contributed by atoms with Crippen LogP contribution in [0, 0.1) is 5.92 Å². The van der Waals surface area contributed by atoms with Crippen LogP contribution in [0.15, 0.2) is 39.5 Å². The van der Waals surface area contributed by atoms with Crippen LogP contribution in [0.5, 0.6) is 0 Å². The molecule has 0 bridgehead atoms. The molecule has 22 heavy (non-hydrogen) atoms. The minimum absolute atomic E-state index is 0.0752. The van der Waals surface area contributed by atoms with E-state index in [9.17, 15) is 4.79 Å². The molecule has 5 heteroatoms. The van der Waals surface area contributed by atoms with Crippen LogP contribution in [0.25, 0.3) is 0 Å². The molecular formula is C17H17BrN2O2. The minimum atomic E-state index is -0.0752. The zero-order chi connectivity index (χ0) is 15.1. The van der Waals surface area contributed by atoms with Gasteiger partial charge in [0.1, 0.15) is 5.56 Å². The van der Waals surface area contributed by atoms with Crippen LogP contribution in [-0.2, 0) is 0 Å². The highest BCUT2D eigenvalue weighted by Crippen LogP contribution is 2.47. The molecule has 0 saturated heterocycles. The van der Waals surface area contributed by atoms with Gasteiger partial charge in [-0.25, -0.2) is 0 Å². The monoisotopic (exact) mass is 360 g/mol. The first-order valence-corrected chi connectivity index (χ1v) is 8.51. The van der Waals surface area contributed by atoms with Gasteiger partial charge in [0.05, 0.1) is 0 Å². The first-order chi connectivity index (χ1) is 10.7. The normalized spacial score (nSPS) is 23.3. The minimum Gasteiger partial charge on any atom is -0.359 e. The molecule has 0 radical (unpaired) electrons. The lowest BCUT2D eigenvalue weighted by atomic mass is 10.1. The number of halogens is 1. The summed E-state index contributed by atoms with van der Waals surface area (Å²) in [7, 11) is 0. The third kappa shape index (κ3) is 2.70. The highest BCUT2D eigenvalue weighted by Gasteiger charge is 2.39. The summed E-state index contributed by atoms with van der Waals surface area (Å²) in [6, 6.07) is 10.5. The Morgan fingerprint density at radius 3 is 2.82 bits per heavy atom. The van der Waals surface area contributed by atoms with Gasteiger partial charge < -0.3 is 9.84 Å². The number of nitrogens with zero attached hydrogens (tertiary/aromatic N) is 1. The molecule has 1 amide bonds. The van der Waals surface area contributed by atoms with Crippen molar-refractivity contribution in [3.8, 4) is 0 Å². The lowest BCUT2D eigenvalue weighted by Gasteiger charge is -2.05. The fourth-order valence-electron chi connectivity index (χ4n) is 3.01. The predicted octanol–water partition coefficient (Wildman–Crippen LogP) is 3.85. The van der Waals surface area contributed by atoms with Gasteiger partial charge in [-0.05, 0) is 52.6 Å². The maximum Gasteiger partial charge on any atom is 0.257 e. The summed E-state index contributed by atoms with van der Waals surface area (Å²) in [5.74, 6) is 2.15. The second kappa shape index (κ2) is 5.54. The molecule has 0 unspecified atom stereocenters. The molecule has 2 aliphatic carbocycles. The molecule has 114 valence electrons. The van der Waals surface area contributed by atoms with Gasteiger partial charge >= 0.3 is 0 Å². The van der Waals surface area contributed by atoms with E-state index in [4.69, 9.17) is 4.52 Å². The average molecular weight is 361 g/mol. The summed E-state index contributed by atoms with van der Waals surface area (Å²) in [5.41, 5.74) is 1.95. The van der Waals surface area contributed by atoms with Crippen LogP contribution in [0.1, 0.15) is 52.8 Å². The number of hydrogen-bond donors (Lipinski definition) is 1. The van der Waals surface area contributed by atoms with Gasteiger partial charge in [0, 0.05) is 12.5 Å². The third-order valence-electron chi connectivity index (χ3n) is 4.53. The highest BCUT2D eigenvalue weighted by atomic mass is 79.9. The van der Waals surface area contributed by atoms with E-state index in [0.29, 0.717) is 34.5 Å². The van der Waals surface area contributed by atoms with E-state index >= 15 is 0 Å². The van der Waals surface area contributed by atoms with Crippen LogP contribution in [-0.4, -0.2) is 17.6 Å². The number of benzene rings is 1. The van der Waals surface area contributed by atoms with Crippen molar-refractivity contribution in [3.05, 3.63) is 51.8 Å². The van der Waals surface area contributed by atoms with E-state index in [1.54, 1.807) is 0 Å². The summed E-state index contributed by atoms with van der Waals surface area (Å²) in [6.45, 7) is 0.708. The summed E-state index contributed by atoms with van der Waals surface area (Å²) < 4.78 is 5.81. The number of carbonyl (C=O) groups excluding carboxylic acids is 1. The van der Waals surface area contributed by atoms with Crippen molar-refractivity contribution < 1.29 is 9.32 Å². The predicted molar refractivity (Wildman–Crippen MR) is 85.8 cm³/mol. The van der Waals surface area contributed by atoms with Crippen LogP contribution in [0.3, 0.4) is 0 Å². The first-order valence-electron chi connectivity index (χ1n) is 7.72. The molecule has 1 heterocycles. The van der Waals surface area contributed by atoms with Crippen molar-refractivity contribution >= 4 is 21.8 Å². The number of nitrogens with one attached hydrogen (secondary N) is 1. The van der Waals surface area contributed by atoms with Gasteiger partial charge in [0.2, 0.25) is 0 Å². The molecule has 0 spiro atoms. The molecular weight excluding hydrogens is 344 g/mol. The smallest absolute Gasteiger partial charge is 0.257 e. The number of amides is 1. The summed E-state index contributed by atoms with van der Waals surface area (Å²) in [4.78, 5) is 12.4. The van der Waals surface area contributed by atoms with Gasteiger partial charge in [0.15, 0.2) is 10.4 Å². The Labute approximate surface area is 137 Å². The molecule has 2 aromatic rings. The molecule has 4 rings (SSSR count). The van der Waals surface area contributed by atoms with Crippen LogP contribution in [0.2, 0.25) is 0 Å². The standard InChI is InChI=1S/C17H17BrN2O2/c18-16-14(15(22-20-16)11-6-7-11)17(21)19-9-12-8-13(12)10-4-2-1-3-5-10/h1-5,11-13H,6-9H2,(H,19,21)/t12-,13-/m1/s1. The van der Waals surface area contributed by atoms with Crippen LogP contribution < -0.4 is 5.32 Å². The fraction of sp³-hybridized carbons (Fsp3) is 0.412. The van der Waals surface area contributed by atoms with Gasteiger partial charge in [-0.1, -0.05) is 35.5 Å². The topological polar surface area (TPSA) is 55.1 Å². The van der Waals surface area contributed by atoms with Crippen molar-refractivity contribution in [1.82, 2.24) is 10.5 Å². The Hall–Kier alpha value is -1.62. The van der Waals surface area contributed by atoms with Crippen LogP contribution in [0.4, 0.5) is 0 Å². The van der Waals surface area contributed by atoms with Crippen molar-refractivity contribution in [1.29, 1.82) is 0 Å². The second-order valence-electron chi connectivity index (χ2n) is 6.21. The average Bonchev–Trinajstić information content (AvgIpc) is 3.44. The third-order valence-corrected chi connectivity index (χ3v) is 5.07. The number of hydrogen-bond acceptors (Lipinski definition) is 3. The van der Waals surface area contributed by atoms with E-state index in [2.05, 4.69) is 50.7 Å². The fourth-order valence-corrected chi connectivity index (χ4v) is 3.45. The Morgan fingerprint density at radius 2 is 2.09 bits per heavy atom. The Balaban J connectivity index is 1.37. The lowest BCUT2D eigenvalue weighted by molar-refractivity contribution is 0.0949. The largest absolute Gasteiger partial charge is 0.359 e. The van der Waals surface area contributed by atoms with Crippen molar-refractivity contribution in [3.63, 3.8) is 0 Å². The second-order valence-corrected chi connectivity index (χ2v) is 6.96. The molecule has 0 aliphatic heterocycles. The molecule has 1 aromatic carbocycles. The van der Waals surface area contributed by atoms with Crippen molar-refractivity contribution in [2.45, 2.75) is 31.1 Å². The zero-order valence-corrected chi connectivity index (χ0v) is 13.7. The molecule has 2 saturated carbocycles. The molecule has 4 nitrogen and oxygen atoms in total. The Kier molecular flexibility index (Phi) is 3.53. The molecule has 1 N–H and O–H groups in total. The van der Waals surface area contributed by atoms with Gasteiger partial charge in [0.25, 0.3) is 5.91 Å². The SMILES string of the molecule is O=C(NC[C@H]1C[C@@H]1c1ccccc1)c1c(Br)noc1C1CC1. The van der Waals surface area contributed by atoms with E-state index in [1.807, 2.05) is 6.07 Å². The van der Waals surface area contributed by atoms with Crippen molar-refractivity contribution in [2.75, 3.05) is 6.54 Å². The van der Waals surface area contributed by atoms with Crippen LogP contribution >= 0.6 is 15.9 Å². The highest BCUT2D eigenvalue weighted by molar-refractivity contribution is 9.10. The summed E-state index contributed by atoms with van der Waals surface area (Å²) in [5, 5.41) is 6.93. The van der Waals surface area contributed by atoms with E-state index in [-0.39, 0.29) is 5.91 Å². The van der Waals surface area contributed by atoms with Gasteiger partial charge in [-0.3, -0.25) is 4.79 Å². The quantitative estimate of drug-likeness (QED) is 0.880. The van der Waals surface area contributed by atoms with E-state index in [0.717, 1.165) is 25.0 Å². The maximum absolute atomic E-state index is 12.4. The van der Waals surface area contributed by atoms with Crippen molar-refractivity contribution in [2.24, 2.45) is 5.92 Å². The molecule has 2 fully saturated rings. The zero-order valence-electron chi connectivity index (χ0n) is 12.1. The number of carbonyl (C=O) groups is 1. The van der Waals surface area contributed by atoms with Gasteiger partial charge in [-0.2, -0.15) is 0 Å². The first kappa shape index (κ1) is 14.0. The molecule has 1 aromatic heterocycles. The maximum atomic E-state index is 12.4. The Morgan fingerprint density at radius 1 is 1.32 bits per heavy atom.